The molecule has 7 nitrogen and oxygen atoms in total. The lowest BCUT2D eigenvalue weighted by Gasteiger charge is -2.24. The van der Waals surface area contributed by atoms with Gasteiger partial charge in [-0.25, -0.2) is 4.79 Å². The smallest absolute Gasteiger partial charge is 0.340 e. The van der Waals surface area contributed by atoms with Gasteiger partial charge in [-0.2, -0.15) is 10.1 Å². The minimum Gasteiger partial charge on any atom is -0.462 e. The zero-order chi connectivity index (χ0) is 17.3. The van der Waals surface area contributed by atoms with Crippen molar-refractivity contribution in [2.45, 2.75) is 47.6 Å². The van der Waals surface area contributed by atoms with Crippen LogP contribution in [0, 0.1) is 13.8 Å². The number of carbonyl (C=O) groups is 3. The largest absolute Gasteiger partial charge is 0.462 e. The summed E-state index contributed by atoms with van der Waals surface area (Å²) in [5, 5.41) is 5.00. The van der Waals surface area contributed by atoms with Crippen LogP contribution in [0.3, 0.4) is 0 Å². The summed E-state index contributed by atoms with van der Waals surface area (Å²) >= 11 is 0. The first-order valence-corrected chi connectivity index (χ1v) is 7.61. The van der Waals surface area contributed by atoms with Crippen LogP contribution in [-0.4, -0.2) is 39.7 Å². The summed E-state index contributed by atoms with van der Waals surface area (Å²) in [7, 11) is 0. The number of imide groups is 1. The Morgan fingerprint density at radius 1 is 1.26 bits per heavy atom. The van der Waals surface area contributed by atoms with Gasteiger partial charge in [0.15, 0.2) is 0 Å². The summed E-state index contributed by atoms with van der Waals surface area (Å²) in [5.41, 5.74) is 2.44. The molecule has 0 radical (unpaired) electrons. The van der Waals surface area contributed by atoms with Gasteiger partial charge in [-0.15, -0.1) is 0 Å². The highest BCUT2D eigenvalue weighted by Crippen LogP contribution is 2.27. The van der Waals surface area contributed by atoms with E-state index in [0.29, 0.717) is 34.6 Å². The van der Waals surface area contributed by atoms with Crippen molar-refractivity contribution < 1.29 is 19.1 Å². The van der Waals surface area contributed by atoms with Gasteiger partial charge in [0, 0.05) is 11.4 Å². The van der Waals surface area contributed by atoms with E-state index in [0.717, 1.165) is 5.01 Å². The van der Waals surface area contributed by atoms with Crippen LogP contribution in [0.4, 0.5) is 0 Å². The molecule has 2 heterocycles. The van der Waals surface area contributed by atoms with Gasteiger partial charge in [0.2, 0.25) is 0 Å². The van der Waals surface area contributed by atoms with Crippen LogP contribution < -0.4 is 0 Å². The molecule has 0 atom stereocenters. The Morgan fingerprint density at radius 2 is 1.91 bits per heavy atom. The second-order valence-electron chi connectivity index (χ2n) is 5.44. The van der Waals surface area contributed by atoms with E-state index >= 15 is 0 Å². The molecule has 1 aliphatic rings. The summed E-state index contributed by atoms with van der Waals surface area (Å²) in [4.78, 5) is 37.0. The van der Waals surface area contributed by atoms with Gasteiger partial charge in [0.1, 0.15) is 12.2 Å². The second-order valence-corrected chi connectivity index (χ2v) is 5.44. The van der Waals surface area contributed by atoms with E-state index in [4.69, 9.17) is 4.74 Å². The van der Waals surface area contributed by atoms with Crippen molar-refractivity contribution in [3.63, 3.8) is 0 Å². The molecule has 0 saturated carbocycles. The molecule has 1 aromatic heterocycles. The first kappa shape index (κ1) is 16.9. The summed E-state index contributed by atoms with van der Waals surface area (Å²) in [6.07, 6.45) is 0.643. The van der Waals surface area contributed by atoms with Crippen LogP contribution in [-0.2, 0) is 16.1 Å². The predicted octanol–water partition coefficient (Wildman–Crippen LogP) is 2.05. The van der Waals surface area contributed by atoms with E-state index in [9.17, 15) is 14.4 Å². The molecule has 0 saturated heterocycles. The van der Waals surface area contributed by atoms with E-state index in [1.54, 1.807) is 32.3 Å². The molecule has 1 aliphatic heterocycles. The number of esters is 1. The van der Waals surface area contributed by atoms with Gasteiger partial charge >= 0.3 is 5.97 Å². The first-order chi connectivity index (χ1) is 10.8. The Bertz CT molecular complexity index is 715. The number of fused-ring (bicyclic) bond motifs is 1. The maximum atomic E-state index is 12.7. The number of amides is 2. The average Bonchev–Trinajstić information content (AvgIpc) is 2.74. The lowest BCUT2D eigenvalue weighted by atomic mass is 10.1. The van der Waals surface area contributed by atoms with Crippen molar-refractivity contribution in [2.24, 2.45) is 5.10 Å². The normalized spacial score (nSPS) is 15.0. The Labute approximate surface area is 134 Å². The highest BCUT2D eigenvalue weighted by molar-refractivity contribution is 6.09. The summed E-state index contributed by atoms with van der Waals surface area (Å²) in [6.45, 7) is 9.00. The fourth-order valence-corrected chi connectivity index (χ4v) is 2.63. The molecule has 0 unspecified atom stereocenters. The lowest BCUT2D eigenvalue weighted by Crippen LogP contribution is -2.42. The fourth-order valence-electron chi connectivity index (χ4n) is 2.63. The van der Waals surface area contributed by atoms with Crippen molar-refractivity contribution in [2.75, 3.05) is 6.61 Å². The van der Waals surface area contributed by atoms with Gasteiger partial charge in [-0.3, -0.25) is 9.59 Å². The van der Waals surface area contributed by atoms with Gasteiger partial charge in [-0.1, -0.05) is 6.92 Å². The first-order valence-electron chi connectivity index (χ1n) is 7.61. The Hall–Kier alpha value is -2.44. The van der Waals surface area contributed by atoms with E-state index in [1.165, 1.54) is 0 Å². The predicted molar refractivity (Wildman–Crippen MR) is 84.4 cm³/mol. The molecule has 1 aromatic rings. The van der Waals surface area contributed by atoms with Crippen molar-refractivity contribution in [1.29, 1.82) is 0 Å². The number of rotatable bonds is 4. The van der Waals surface area contributed by atoms with Crippen molar-refractivity contribution in [3.8, 4) is 0 Å². The highest BCUT2D eigenvalue weighted by Gasteiger charge is 2.37. The Morgan fingerprint density at radius 3 is 2.48 bits per heavy atom. The van der Waals surface area contributed by atoms with Gasteiger partial charge in [0.25, 0.3) is 11.8 Å². The summed E-state index contributed by atoms with van der Waals surface area (Å²) in [6, 6.07) is 0. The summed E-state index contributed by atoms with van der Waals surface area (Å²) < 4.78 is 6.62. The third-order valence-electron chi connectivity index (χ3n) is 3.95. The highest BCUT2D eigenvalue weighted by atomic mass is 16.5. The second kappa shape index (κ2) is 6.36. The molecule has 0 aromatic carbocycles. The van der Waals surface area contributed by atoms with Crippen LogP contribution in [0.2, 0.25) is 0 Å². The molecule has 124 valence electrons. The molecule has 0 N–H and O–H groups in total. The molecule has 7 heteroatoms. The van der Waals surface area contributed by atoms with Gasteiger partial charge in [0.05, 0.1) is 12.2 Å². The minimum absolute atomic E-state index is 0.0202. The molecular formula is C16H21N3O4. The van der Waals surface area contributed by atoms with Crippen LogP contribution in [0.25, 0.3) is 0 Å². The molecule has 0 bridgehead atoms. The number of nitrogens with zero attached hydrogens (tertiary/aromatic N) is 3. The number of hydrogen-bond acceptors (Lipinski definition) is 5. The van der Waals surface area contributed by atoms with Gasteiger partial charge in [-0.05, 0) is 39.7 Å². The topological polar surface area (TPSA) is 81.0 Å². The number of hydrogen-bond donors (Lipinski definition) is 0. The summed E-state index contributed by atoms with van der Waals surface area (Å²) in [5.74, 6) is -1.40. The fraction of sp³-hybridized carbons (Fsp3) is 0.500. The lowest BCUT2D eigenvalue weighted by molar-refractivity contribution is -0.130. The monoisotopic (exact) mass is 319 g/mol. The molecule has 0 spiro atoms. The van der Waals surface area contributed by atoms with E-state index in [2.05, 4.69) is 5.10 Å². The van der Waals surface area contributed by atoms with E-state index in [1.807, 2.05) is 6.92 Å². The quantitative estimate of drug-likeness (QED) is 0.483. The van der Waals surface area contributed by atoms with Crippen molar-refractivity contribution in [3.05, 3.63) is 22.5 Å². The number of hydrazone groups is 1. The third kappa shape index (κ3) is 2.78. The molecule has 2 rings (SSSR count). The molecule has 0 fully saturated rings. The molecular weight excluding hydrogens is 298 g/mol. The Kier molecular flexibility index (Phi) is 4.68. The van der Waals surface area contributed by atoms with Crippen LogP contribution >= 0.6 is 0 Å². The third-order valence-corrected chi connectivity index (χ3v) is 3.95. The van der Waals surface area contributed by atoms with E-state index < -0.39 is 17.8 Å². The zero-order valence-corrected chi connectivity index (χ0v) is 14.1. The molecule has 23 heavy (non-hydrogen) atoms. The van der Waals surface area contributed by atoms with E-state index in [-0.39, 0.29) is 13.2 Å². The number of aromatic nitrogens is 1. The van der Waals surface area contributed by atoms with Crippen molar-refractivity contribution >= 4 is 23.5 Å². The molecule has 2 amide bonds. The molecule has 0 aliphatic carbocycles. The zero-order valence-electron chi connectivity index (χ0n) is 14.1. The number of carbonyl (C=O) groups excluding carboxylic acids is 3. The van der Waals surface area contributed by atoms with Gasteiger partial charge < -0.3 is 9.30 Å². The maximum absolute atomic E-state index is 12.7. The minimum atomic E-state index is -0.509. The van der Waals surface area contributed by atoms with Crippen LogP contribution in [0.15, 0.2) is 5.10 Å². The van der Waals surface area contributed by atoms with Crippen LogP contribution in [0.1, 0.15) is 59.3 Å². The SMILES string of the molecule is CCOC(=O)c1c(C)c2n(c1C)CC(=O)N(N=C(C)CC)C2=O. The maximum Gasteiger partial charge on any atom is 0.340 e. The standard InChI is InChI=1S/C16H21N3O4/c1-6-9(3)17-19-12(20)8-18-11(5)13(16(22)23-7-2)10(4)14(18)15(19)21/h6-8H2,1-5H3. The van der Waals surface area contributed by atoms with Crippen molar-refractivity contribution in [1.82, 2.24) is 9.58 Å². The number of ether oxygens (including phenoxy) is 1. The Balaban J connectivity index is 2.55. The average molecular weight is 319 g/mol. The van der Waals surface area contributed by atoms with Crippen LogP contribution in [0.5, 0.6) is 0 Å².